The summed E-state index contributed by atoms with van der Waals surface area (Å²) in [6.45, 7) is 4.25. The van der Waals surface area contributed by atoms with Crippen molar-refractivity contribution in [1.82, 2.24) is 9.55 Å². The highest BCUT2D eigenvalue weighted by Gasteiger charge is 2.17. The maximum Gasteiger partial charge on any atom is 0.117 e. The summed E-state index contributed by atoms with van der Waals surface area (Å²) in [4.78, 5) is 4.74. The van der Waals surface area contributed by atoms with Gasteiger partial charge in [0.2, 0.25) is 0 Å². The lowest BCUT2D eigenvalue weighted by Crippen LogP contribution is -2.04. The molecule has 0 unspecified atom stereocenters. The van der Waals surface area contributed by atoms with Crippen LogP contribution in [0, 0.1) is 0 Å². The van der Waals surface area contributed by atoms with Gasteiger partial charge in [-0.25, -0.2) is 4.98 Å². The minimum atomic E-state index is 0.282. The van der Waals surface area contributed by atoms with Crippen molar-refractivity contribution in [2.24, 2.45) is 0 Å². The number of nitrogen functional groups attached to an aromatic ring is 1. The molecule has 21 heavy (non-hydrogen) atoms. The monoisotopic (exact) mass is 363 g/mol. The average molecular weight is 365 g/mol. The van der Waals surface area contributed by atoms with Crippen molar-refractivity contribution in [2.45, 2.75) is 19.8 Å². The van der Waals surface area contributed by atoms with Gasteiger partial charge in [-0.1, -0.05) is 31.5 Å². The fourth-order valence-electron chi connectivity index (χ4n) is 2.42. The van der Waals surface area contributed by atoms with E-state index in [4.69, 9.17) is 22.3 Å². The second-order valence-electron chi connectivity index (χ2n) is 5.28. The van der Waals surface area contributed by atoms with Gasteiger partial charge in [-0.3, -0.25) is 4.57 Å². The molecule has 0 amide bonds. The second-order valence-corrected chi connectivity index (χ2v) is 6.48. The molecular weight excluding hydrogens is 350 g/mol. The van der Waals surface area contributed by atoms with Crippen LogP contribution < -0.4 is 5.73 Å². The van der Waals surface area contributed by atoms with Gasteiger partial charge in [0.15, 0.2) is 0 Å². The Hall–Kier alpha value is -1.52. The zero-order chi connectivity index (χ0) is 15.1. The molecule has 0 radical (unpaired) electrons. The van der Waals surface area contributed by atoms with Crippen molar-refractivity contribution in [1.29, 1.82) is 0 Å². The summed E-state index contributed by atoms with van der Waals surface area (Å²) < 4.78 is 3.00. The number of hydrogen-bond acceptors (Lipinski definition) is 2. The van der Waals surface area contributed by atoms with E-state index in [1.807, 2.05) is 36.4 Å². The largest absolute Gasteiger partial charge is 0.399 e. The molecule has 3 nitrogen and oxygen atoms in total. The standard InChI is InChI=1S/C16H15BrClN3/c1-9(2)16-20-12-8-10(19)6-7-13(12)21(16)14-5-3-4-11(18)15(14)17/h3-9H,19H2,1-2H3. The Kier molecular flexibility index (Phi) is 3.68. The summed E-state index contributed by atoms with van der Waals surface area (Å²) in [5.74, 6) is 1.27. The van der Waals surface area contributed by atoms with Crippen molar-refractivity contribution < 1.29 is 0 Å². The Morgan fingerprint density at radius 2 is 2.00 bits per heavy atom. The van der Waals surface area contributed by atoms with Crippen molar-refractivity contribution in [2.75, 3.05) is 5.73 Å². The van der Waals surface area contributed by atoms with E-state index in [1.165, 1.54) is 0 Å². The summed E-state index contributed by atoms with van der Waals surface area (Å²) in [6.07, 6.45) is 0. The normalized spacial score (nSPS) is 11.5. The number of nitrogens with zero attached hydrogens (tertiary/aromatic N) is 2. The first-order valence-electron chi connectivity index (χ1n) is 6.71. The molecule has 3 aromatic rings. The third-order valence-corrected chi connectivity index (χ3v) is 4.77. The van der Waals surface area contributed by atoms with Crippen LogP contribution >= 0.6 is 27.5 Å². The molecule has 1 aromatic heterocycles. The molecule has 108 valence electrons. The molecule has 0 aliphatic rings. The number of rotatable bonds is 2. The van der Waals surface area contributed by atoms with E-state index < -0.39 is 0 Å². The van der Waals surface area contributed by atoms with Crippen molar-refractivity contribution in [3.63, 3.8) is 0 Å². The maximum atomic E-state index is 6.24. The van der Waals surface area contributed by atoms with Crippen LogP contribution in [0.3, 0.4) is 0 Å². The predicted octanol–water partition coefficient (Wildman–Crippen LogP) is 5.15. The van der Waals surface area contributed by atoms with E-state index in [0.29, 0.717) is 10.7 Å². The average Bonchev–Trinajstić information content (AvgIpc) is 2.80. The third kappa shape index (κ3) is 2.43. The maximum absolute atomic E-state index is 6.24. The van der Waals surface area contributed by atoms with Crippen LogP contribution in [-0.4, -0.2) is 9.55 Å². The van der Waals surface area contributed by atoms with Crippen molar-refractivity contribution in [3.05, 3.63) is 51.7 Å². The molecule has 2 N–H and O–H groups in total. The lowest BCUT2D eigenvalue weighted by Gasteiger charge is -2.14. The van der Waals surface area contributed by atoms with Crippen LogP contribution in [0.5, 0.6) is 0 Å². The van der Waals surface area contributed by atoms with E-state index in [-0.39, 0.29) is 5.92 Å². The van der Waals surface area contributed by atoms with Crippen LogP contribution in [0.2, 0.25) is 5.02 Å². The minimum Gasteiger partial charge on any atom is -0.399 e. The van der Waals surface area contributed by atoms with E-state index in [0.717, 1.165) is 27.0 Å². The molecule has 2 aromatic carbocycles. The number of aromatic nitrogens is 2. The zero-order valence-electron chi connectivity index (χ0n) is 11.8. The van der Waals surface area contributed by atoms with Crippen LogP contribution in [0.25, 0.3) is 16.7 Å². The Labute approximate surface area is 136 Å². The van der Waals surface area contributed by atoms with Gasteiger partial charge in [0.25, 0.3) is 0 Å². The molecule has 0 atom stereocenters. The highest BCUT2D eigenvalue weighted by atomic mass is 79.9. The predicted molar refractivity (Wildman–Crippen MR) is 92.3 cm³/mol. The number of benzene rings is 2. The molecule has 0 aliphatic carbocycles. The number of nitrogens with two attached hydrogens (primary N) is 1. The molecular formula is C16H15BrClN3. The third-order valence-electron chi connectivity index (χ3n) is 3.39. The molecule has 3 rings (SSSR count). The molecule has 1 heterocycles. The Morgan fingerprint density at radius 3 is 2.71 bits per heavy atom. The molecule has 0 saturated carbocycles. The molecule has 0 aliphatic heterocycles. The van der Waals surface area contributed by atoms with E-state index >= 15 is 0 Å². The van der Waals surface area contributed by atoms with Gasteiger partial charge in [0.05, 0.1) is 26.2 Å². The SMILES string of the molecule is CC(C)c1nc2cc(N)ccc2n1-c1cccc(Cl)c1Br. The van der Waals surface area contributed by atoms with Crippen molar-refractivity contribution in [3.8, 4) is 5.69 Å². The number of halogens is 2. The van der Waals surface area contributed by atoms with Gasteiger partial charge < -0.3 is 5.73 Å². The van der Waals surface area contributed by atoms with Gasteiger partial charge in [0.1, 0.15) is 5.82 Å². The first-order chi connectivity index (χ1) is 9.99. The summed E-state index contributed by atoms with van der Waals surface area (Å²) >= 11 is 9.82. The summed E-state index contributed by atoms with van der Waals surface area (Å²) in [6, 6.07) is 11.6. The summed E-state index contributed by atoms with van der Waals surface area (Å²) in [7, 11) is 0. The Morgan fingerprint density at radius 1 is 1.24 bits per heavy atom. The zero-order valence-corrected chi connectivity index (χ0v) is 14.1. The summed E-state index contributed by atoms with van der Waals surface area (Å²) in [5, 5.41) is 0.680. The number of hydrogen-bond donors (Lipinski definition) is 1. The highest BCUT2D eigenvalue weighted by molar-refractivity contribution is 9.10. The lowest BCUT2D eigenvalue weighted by molar-refractivity contribution is 0.759. The van der Waals surface area contributed by atoms with E-state index in [2.05, 4.69) is 34.3 Å². The van der Waals surface area contributed by atoms with Crippen molar-refractivity contribution >= 4 is 44.3 Å². The van der Waals surface area contributed by atoms with E-state index in [9.17, 15) is 0 Å². The van der Waals surface area contributed by atoms with Gasteiger partial charge in [-0.2, -0.15) is 0 Å². The van der Waals surface area contributed by atoms with Crippen LogP contribution in [0.1, 0.15) is 25.6 Å². The Bertz CT molecular complexity index is 824. The van der Waals surface area contributed by atoms with Gasteiger partial charge in [-0.05, 0) is 46.3 Å². The first kappa shape index (κ1) is 14.4. The quantitative estimate of drug-likeness (QED) is 0.639. The molecule has 5 heteroatoms. The minimum absolute atomic E-state index is 0.282. The lowest BCUT2D eigenvalue weighted by atomic mass is 10.2. The first-order valence-corrected chi connectivity index (χ1v) is 7.88. The molecule has 0 spiro atoms. The fourth-order valence-corrected chi connectivity index (χ4v) is 3.03. The summed E-state index contributed by atoms with van der Waals surface area (Å²) in [5.41, 5.74) is 9.49. The Balaban J connectivity index is 2.39. The fraction of sp³-hybridized carbons (Fsp3) is 0.188. The van der Waals surface area contributed by atoms with Crippen LogP contribution in [-0.2, 0) is 0 Å². The van der Waals surface area contributed by atoms with Crippen LogP contribution in [0.15, 0.2) is 40.9 Å². The van der Waals surface area contributed by atoms with Gasteiger partial charge in [0, 0.05) is 11.6 Å². The van der Waals surface area contributed by atoms with E-state index in [1.54, 1.807) is 0 Å². The van der Waals surface area contributed by atoms with Gasteiger partial charge in [-0.15, -0.1) is 0 Å². The molecule has 0 saturated heterocycles. The molecule has 0 fully saturated rings. The molecule has 0 bridgehead atoms. The number of anilines is 1. The highest BCUT2D eigenvalue weighted by Crippen LogP contribution is 2.34. The smallest absolute Gasteiger partial charge is 0.117 e. The second kappa shape index (κ2) is 5.35. The van der Waals surface area contributed by atoms with Gasteiger partial charge >= 0.3 is 0 Å². The number of imidazole rings is 1. The van der Waals surface area contributed by atoms with Crippen LogP contribution in [0.4, 0.5) is 5.69 Å². The number of fused-ring (bicyclic) bond motifs is 1. The topological polar surface area (TPSA) is 43.8 Å².